The molecule has 68 valence electrons. The molecule has 0 aromatic heterocycles. The Morgan fingerprint density at radius 2 is 2.31 bits per heavy atom. The van der Waals surface area contributed by atoms with Gasteiger partial charge in [0.15, 0.2) is 0 Å². The third-order valence-corrected chi connectivity index (χ3v) is 3.64. The predicted molar refractivity (Wildman–Crippen MR) is 55.4 cm³/mol. The van der Waals surface area contributed by atoms with E-state index >= 15 is 0 Å². The minimum Gasteiger partial charge on any atom is -0.207 e. The SMILES string of the molecule is C[C@@]1(c2cccc(F)c2)C=CCS1. The number of benzene rings is 1. The molecule has 1 aromatic rings. The van der Waals surface area contributed by atoms with Crippen LogP contribution in [0.4, 0.5) is 4.39 Å². The monoisotopic (exact) mass is 194 g/mol. The van der Waals surface area contributed by atoms with Gasteiger partial charge in [-0.1, -0.05) is 24.3 Å². The summed E-state index contributed by atoms with van der Waals surface area (Å²) in [7, 11) is 0. The van der Waals surface area contributed by atoms with Gasteiger partial charge in [-0.25, -0.2) is 4.39 Å². The van der Waals surface area contributed by atoms with Crippen molar-refractivity contribution >= 4 is 11.8 Å². The van der Waals surface area contributed by atoms with Crippen LogP contribution in [0.5, 0.6) is 0 Å². The molecule has 0 fully saturated rings. The summed E-state index contributed by atoms with van der Waals surface area (Å²) >= 11 is 1.83. The Morgan fingerprint density at radius 1 is 1.46 bits per heavy atom. The molecular weight excluding hydrogens is 183 g/mol. The zero-order valence-electron chi connectivity index (χ0n) is 7.46. The third-order valence-electron chi connectivity index (χ3n) is 2.31. The number of halogens is 1. The molecular formula is C11H11FS. The summed E-state index contributed by atoms with van der Waals surface area (Å²) in [6, 6.07) is 6.84. The van der Waals surface area contributed by atoms with E-state index in [1.54, 1.807) is 12.1 Å². The Morgan fingerprint density at radius 3 is 2.92 bits per heavy atom. The van der Waals surface area contributed by atoms with Crippen LogP contribution in [0.25, 0.3) is 0 Å². The van der Waals surface area contributed by atoms with Gasteiger partial charge < -0.3 is 0 Å². The van der Waals surface area contributed by atoms with Crippen molar-refractivity contribution in [2.45, 2.75) is 11.7 Å². The molecule has 0 spiro atoms. The average molecular weight is 194 g/mol. The lowest BCUT2D eigenvalue weighted by atomic mass is 10.00. The Bertz CT molecular complexity index is 346. The topological polar surface area (TPSA) is 0 Å². The minimum atomic E-state index is -0.153. The molecule has 1 aliphatic rings. The third kappa shape index (κ3) is 1.63. The smallest absolute Gasteiger partial charge is 0.123 e. The first-order chi connectivity index (χ1) is 6.21. The maximum atomic E-state index is 13.0. The summed E-state index contributed by atoms with van der Waals surface area (Å²) in [6.07, 6.45) is 4.28. The van der Waals surface area contributed by atoms with E-state index in [-0.39, 0.29) is 10.6 Å². The van der Waals surface area contributed by atoms with Gasteiger partial charge in [-0.2, -0.15) is 0 Å². The maximum Gasteiger partial charge on any atom is 0.123 e. The van der Waals surface area contributed by atoms with Gasteiger partial charge in [-0.05, 0) is 24.6 Å². The van der Waals surface area contributed by atoms with Crippen molar-refractivity contribution in [3.63, 3.8) is 0 Å². The van der Waals surface area contributed by atoms with Gasteiger partial charge in [0.05, 0.1) is 4.75 Å². The second-order valence-corrected chi connectivity index (χ2v) is 4.80. The molecule has 2 rings (SSSR count). The maximum absolute atomic E-state index is 13.0. The molecule has 0 amide bonds. The normalized spacial score (nSPS) is 26.6. The van der Waals surface area contributed by atoms with Crippen LogP contribution in [0.1, 0.15) is 12.5 Å². The van der Waals surface area contributed by atoms with E-state index in [0.717, 1.165) is 11.3 Å². The van der Waals surface area contributed by atoms with Crippen molar-refractivity contribution in [3.05, 3.63) is 47.8 Å². The molecule has 0 aliphatic carbocycles. The lowest BCUT2D eigenvalue weighted by molar-refractivity contribution is 0.623. The number of thioether (sulfide) groups is 1. The van der Waals surface area contributed by atoms with Crippen LogP contribution >= 0.6 is 11.8 Å². The molecule has 0 bridgehead atoms. The van der Waals surface area contributed by atoms with Crippen LogP contribution in [-0.2, 0) is 4.75 Å². The highest BCUT2D eigenvalue weighted by atomic mass is 32.2. The van der Waals surface area contributed by atoms with Crippen molar-refractivity contribution in [1.82, 2.24) is 0 Å². The summed E-state index contributed by atoms with van der Waals surface area (Å²) in [5.74, 6) is 0.868. The molecule has 2 heteroatoms. The molecule has 0 unspecified atom stereocenters. The summed E-state index contributed by atoms with van der Waals surface area (Å²) in [5.41, 5.74) is 1.05. The van der Waals surface area contributed by atoms with Gasteiger partial charge in [-0.15, -0.1) is 11.8 Å². The highest BCUT2D eigenvalue weighted by Gasteiger charge is 2.26. The molecule has 0 saturated heterocycles. The molecule has 0 radical (unpaired) electrons. The van der Waals surface area contributed by atoms with Crippen molar-refractivity contribution < 1.29 is 4.39 Å². The Kier molecular flexibility index (Phi) is 2.16. The fraction of sp³-hybridized carbons (Fsp3) is 0.273. The van der Waals surface area contributed by atoms with Gasteiger partial charge in [0, 0.05) is 5.75 Å². The van der Waals surface area contributed by atoms with E-state index in [1.165, 1.54) is 6.07 Å². The van der Waals surface area contributed by atoms with Crippen molar-refractivity contribution in [3.8, 4) is 0 Å². The first-order valence-corrected chi connectivity index (χ1v) is 5.27. The summed E-state index contributed by atoms with van der Waals surface area (Å²) in [5, 5.41) is 0. The van der Waals surface area contributed by atoms with Crippen LogP contribution in [0, 0.1) is 5.82 Å². The van der Waals surface area contributed by atoms with Crippen molar-refractivity contribution in [1.29, 1.82) is 0 Å². The van der Waals surface area contributed by atoms with Crippen LogP contribution in [0.15, 0.2) is 36.4 Å². The fourth-order valence-corrected chi connectivity index (χ4v) is 2.54. The van der Waals surface area contributed by atoms with E-state index < -0.39 is 0 Å². The summed E-state index contributed by atoms with van der Waals surface area (Å²) in [4.78, 5) is 0. The highest BCUT2D eigenvalue weighted by Crippen LogP contribution is 2.41. The largest absolute Gasteiger partial charge is 0.207 e. The highest BCUT2D eigenvalue weighted by molar-refractivity contribution is 8.00. The minimum absolute atomic E-state index is 0.0257. The van der Waals surface area contributed by atoms with Crippen LogP contribution in [0.3, 0.4) is 0 Å². The second-order valence-electron chi connectivity index (χ2n) is 3.33. The van der Waals surface area contributed by atoms with Gasteiger partial charge in [0.2, 0.25) is 0 Å². The van der Waals surface area contributed by atoms with E-state index in [9.17, 15) is 4.39 Å². The zero-order chi connectivity index (χ0) is 9.31. The molecule has 13 heavy (non-hydrogen) atoms. The van der Waals surface area contributed by atoms with Gasteiger partial charge in [0.1, 0.15) is 5.82 Å². The number of hydrogen-bond donors (Lipinski definition) is 0. The summed E-state index contributed by atoms with van der Waals surface area (Å²) in [6.45, 7) is 2.12. The molecule has 1 heterocycles. The van der Waals surface area contributed by atoms with Crippen molar-refractivity contribution in [2.75, 3.05) is 5.75 Å². The van der Waals surface area contributed by atoms with E-state index in [0.29, 0.717) is 0 Å². The molecule has 1 atom stereocenters. The van der Waals surface area contributed by atoms with E-state index in [4.69, 9.17) is 0 Å². The Hall–Kier alpha value is -0.760. The van der Waals surface area contributed by atoms with Crippen LogP contribution in [0.2, 0.25) is 0 Å². The Balaban J connectivity index is 2.39. The van der Waals surface area contributed by atoms with Gasteiger partial charge in [-0.3, -0.25) is 0 Å². The first-order valence-electron chi connectivity index (χ1n) is 4.28. The van der Waals surface area contributed by atoms with Gasteiger partial charge >= 0.3 is 0 Å². The van der Waals surface area contributed by atoms with E-state index in [2.05, 4.69) is 19.1 Å². The van der Waals surface area contributed by atoms with Gasteiger partial charge in [0.25, 0.3) is 0 Å². The lowest BCUT2D eigenvalue weighted by Gasteiger charge is -2.21. The zero-order valence-corrected chi connectivity index (χ0v) is 8.27. The molecule has 1 aromatic carbocycles. The van der Waals surface area contributed by atoms with Crippen molar-refractivity contribution in [2.24, 2.45) is 0 Å². The summed E-state index contributed by atoms with van der Waals surface area (Å²) < 4.78 is 12.9. The van der Waals surface area contributed by atoms with Crippen LogP contribution in [-0.4, -0.2) is 5.75 Å². The predicted octanol–water partition coefficient (Wildman–Crippen LogP) is 3.34. The van der Waals surface area contributed by atoms with E-state index in [1.807, 2.05) is 17.8 Å². The lowest BCUT2D eigenvalue weighted by Crippen LogP contribution is -2.11. The molecule has 1 aliphatic heterocycles. The Labute approximate surface area is 81.8 Å². The quantitative estimate of drug-likeness (QED) is 0.618. The fourth-order valence-electron chi connectivity index (χ4n) is 1.52. The number of rotatable bonds is 1. The standard InChI is InChI=1S/C11H11FS/c1-11(6-3-7-13-11)9-4-2-5-10(12)8-9/h2-6,8H,7H2,1H3/t11-/m0/s1. The molecule has 0 N–H and O–H groups in total. The number of hydrogen-bond acceptors (Lipinski definition) is 1. The first kappa shape index (κ1) is 8.82. The molecule has 0 saturated carbocycles. The molecule has 0 nitrogen and oxygen atoms in total. The van der Waals surface area contributed by atoms with Crippen LogP contribution < -0.4 is 0 Å². The second kappa shape index (κ2) is 3.18. The average Bonchev–Trinajstić information content (AvgIpc) is 2.54.